The molecule has 0 aromatic carbocycles. The van der Waals surface area contributed by atoms with Crippen molar-refractivity contribution >= 4 is 16.9 Å². The number of amides is 1. The highest BCUT2D eigenvalue weighted by Crippen LogP contribution is 2.20. The van der Waals surface area contributed by atoms with E-state index in [1.165, 1.54) is 0 Å². The lowest BCUT2D eigenvalue weighted by Gasteiger charge is -2.24. The molecule has 2 heterocycles. The van der Waals surface area contributed by atoms with Crippen LogP contribution in [0.3, 0.4) is 0 Å². The second-order valence-corrected chi connectivity index (χ2v) is 8.15. The highest BCUT2D eigenvalue weighted by atomic mass is 32.2. The molecule has 1 amide bonds. The second kappa shape index (κ2) is 7.22. The smallest absolute Gasteiger partial charge is 0.410 e. The average Bonchev–Trinajstić information content (AvgIpc) is 2.86. The number of hydrogen-bond donors (Lipinski definition) is 0. The van der Waals surface area contributed by atoms with E-state index < -0.39 is 16.4 Å². The number of rotatable bonds is 4. The number of pyridine rings is 1. The average molecular weight is 324 g/mol. The van der Waals surface area contributed by atoms with Crippen molar-refractivity contribution in [1.82, 2.24) is 9.88 Å². The monoisotopic (exact) mass is 324 g/mol. The van der Waals surface area contributed by atoms with Gasteiger partial charge in [-0.1, -0.05) is 6.07 Å². The Hall–Kier alpha value is -1.43. The summed E-state index contributed by atoms with van der Waals surface area (Å²) in [5.74, 6) is 1.36. The summed E-state index contributed by atoms with van der Waals surface area (Å²) < 4.78 is 17.6. The molecule has 22 heavy (non-hydrogen) atoms. The molecule has 0 spiro atoms. The number of likely N-dealkylation sites (tertiary alicyclic amines) is 1. The molecule has 1 aliphatic heterocycles. The molecule has 5 nitrogen and oxygen atoms in total. The quantitative estimate of drug-likeness (QED) is 0.854. The first kappa shape index (κ1) is 16.9. The van der Waals surface area contributed by atoms with Gasteiger partial charge in [0.05, 0.1) is 11.4 Å². The van der Waals surface area contributed by atoms with E-state index in [2.05, 4.69) is 4.98 Å². The molecule has 0 unspecified atom stereocenters. The third kappa shape index (κ3) is 5.40. The van der Waals surface area contributed by atoms with Crippen LogP contribution < -0.4 is 0 Å². The zero-order chi connectivity index (χ0) is 16.2. The van der Waals surface area contributed by atoms with Crippen molar-refractivity contribution in [3.05, 3.63) is 30.1 Å². The zero-order valence-corrected chi connectivity index (χ0v) is 14.3. The minimum atomic E-state index is -0.949. The molecule has 0 aliphatic carbocycles. The van der Waals surface area contributed by atoms with E-state index in [1.807, 2.05) is 39.0 Å². The van der Waals surface area contributed by atoms with Crippen LogP contribution in [0.4, 0.5) is 4.79 Å². The van der Waals surface area contributed by atoms with Gasteiger partial charge < -0.3 is 9.64 Å². The predicted molar refractivity (Wildman–Crippen MR) is 86.9 cm³/mol. The molecule has 2 atom stereocenters. The Morgan fingerprint density at radius 1 is 1.45 bits per heavy atom. The molecule has 6 heteroatoms. The topological polar surface area (TPSA) is 59.5 Å². The molecule has 1 aliphatic rings. The molecule has 122 valence electrons. The number of hydrogen-bond acceptors (Lipinski definition) is 4. The van der Waals surface area contributed by atoms with Crippen molar-refractivity contribution in [2.75, 3.05) is 18.8 Å². The Kier molecular flexibility index (Phi) is 5.56. The van der Waals surface area contributed by atoms with Crippen molar-refractivity contribution in [1.29, 1.82) is 0 Å². The van der Waals surface area contributed by atoms with E-state index in [-0.39, 0.29) is 12.0 Å². The molecular weight excluding hydrogens is 300 g/mol. The van der Waals surface area contributed by atoms with Gasteiger partial charge in [0.15, 0.2) is 0 Å². The van der Waals surface area contributed by atoms with Crippen LogP contribution in [0.15, 0.2) is 24.4 Å². The van der Waals surface area contributed by atoms with Gasteiger partial charge >= 0.3 is 6.09 Å². The minimum Gasteiger partial charge on any atom is -0.444 e. The Morgan fingerprint density at radius 2 is 2.23 bits per heavy atom. The molecule has 0 N–H and O–H groups in total. The minimum absolute atomic E-state index is 0.273. The fourth-order valence-electron chi connectivity index (χ4n) is 2.43. The maximum Gasteiger partial charge on any atom is 0.410 e. The van der Waals surface area contributed by atoms with Crippen LogP contribution in [-0.4, -0.2) is 44.6 Å². The third-order valence-electron chi connectivity index (χ3n) is 3.39. The van der Waals surface area contributed by atoms with E-state index in [4.69, 9.17) is 4.74 Å². The van der Waals surface area contributed by atoms with Gasteiger partial charge in [0.1, 0.15) is 5.60 Å². The van der Waals surface area contributed by atoms with Gasteiger partial charge in [-0.15, -0.1) is 0 Å². The number of ether oxygens (including phenoxy) is 1. The lowest BCUT2D eigenvalue weighted by atomic mass is 10.2. The number of carbonyl (C=O) groups is 1. The van der Waals surface area contributed by atoms with Gasteiger partial charge in [-0.2, -0.15) is 0 Å². The van der Waals surface area contributed by atoms with Gasteiger partial charge in [-0.05, 0) is 45.2 Å². The maximum absolute atomic E-state index is 12.2. The van der Waals surface area contributed by atoms with Crippen LogP contribution in [0.2, 0.25) is 0 Å². The standard InChI is InChI=1S/C16H24N2O3S/c1-16(2,3)21-15(19)18-9-7-13(10-18)11-22(20)12-14-6-4-5-8-17-14/h4-6,8,13H,7,9-12H2,1-3H3/t13-,22-/m0/s1. The lowest BCUT2D eigenvalue weighted by Crippen LogP contribution is -2.35. The fraction of sp³-hybridized carbons (Fsp3) is 0.625. The molecule has 1 aromatic rings. The first-order valence-electron chi connectivity index (χ1n) is 7.56. The summed E-state index contributed by atoms with van der Waals surface area (Å²) in [7, 11) is -0.949. The summed E-state index contributed by atoms with van der Waals surface area (Å²) in [5, 5.41) is 0. The zero-order valence-electron chi connectivity index (χ0n) is 13.4. The molecule has 1 saturated heterocycles. The Morgan fingerprint density at radius 3 is 2.86 bits per heavy atom. The summed E-state index contributed by atoms with van der Waals surface area (Å²) in [6, 6.07) is 5.64. The van der Waals surface area contributed by atoms with Gasteiger partial charge in [0, 0.05) is 35.8 Å². The largest absolute Gasteiger partial charge is 0.444 e. The van der Waals surface area contributed by atoms with Crippen LogP contribution >= 0.6 is 0 Å². The van der Waals surface area contributed by atoms with Gasteiger partial charge in [0.2, 0.25) is 0 Å². The van der Waals surface area contributed by atoms with Crippen LogP contribution in [0.25, 0.3) is 0 Å². The molecule has 0 saturated carbocycles. The van der Waals surface area contributed by atoms with E-state index in [0.29, 0.717) is 24.6 Å². The Bertz CT molecular complexity index is 528. The number of aromatic nitrogens is 1. The van der Waals surface area contributed by atoms with Crippen LogP contribution in [0.5, 0.6) is 0 Å². The Labute approximate surface area is 134 Å². The number of nitrogens with zero attached hydrogens (tertiary/aromatic N) is 2. The summed E-state index contributed by atoms with van der Waals surface area (Å²) in [6.07, 6.45) is 2.32. The van der Waals surface area contributed by atoms with E-state index in [1.54, 1.807) is 11.1 Å². The molecule has 0 radical (unpaired) electrons. The summed E-state index contributed by atoms with van der Waals surface area (Å²) in [4.78, 5) is 17.9. The van der Waals surface area contributed by atoms with Crippen molar-refractivity contribution in [3.63, 3.8) is 0 Å². The van der Waals surface area contributed by atoms with Crippen LogP contribution in [0.1, 0.15) is 32.9 Å². The molecule has 2 rings (SSSR count). The van der Waals surface area contributed by atoms with Crippen LogP contribution in [0, 0.1) is 5.92 Å². The fourth-order valence-corrected chi connectivity index (χ4v) is 3.85. The van der Waals surface area contributed by atoms with E-state index in [0.717, 1.165) is 12.1 Å². The van der Waals surface area contributed by atoms with E-state index in [9.17, 15) is 9.00 Å². The summed E-state index contributed by atoms with van der Waals surface area (Å²) in [6.45, 7) is 6.89. The summed E-state index contributed by atoms with van der Waals surface area (Å²) >= 11 is 0. The Balaban J connectivity index is 1.79. The predicted octanol–water partition coefficient (Wildman–Crippen LogP) is 2.59. The molecule has 1 fully saturated rings. The van der Waals surface area contributed by atoms with Gasteiger partial charge in [-0.3, -0.25) is 9.19 Å². The first-order valence-corrected chi connectivity index (χ1v) is 9.05. The van der Waals surface area contributed by atoms with E-state index >= 15 is 0 Å². The lowest BCUT2D eigenvalue weighted by molar-refractivity contribution is 0.0289. The third-order valence-corrected chi connectivity index (χ3v) is 4.86. The second-order valence-electron chi connectivity index (χ2n) is 6.65. The first-order chi connectivity index (χ1) is 10.3. The van der Waals surface area contributed by atoms with Gasteiger partial charge in [0.25, 0.3) is 0 Å². The summed E-state index contributed by atoms with van der Waals surface area (Å²) in [5.41, 5.74) is 0.375. The SMILES string of the molecule is CC(C)(C)OC(=O)N1CC[C@H](C[S@](=O)Cc2ccccn2)C1. The van der Waals surface area contributed by atoms with Crippen molar-refractivity contribution in [3.8, 4) is 0 Å². The van der Waals surface area contributed by atoms with Crippen LogP contribution in [-0.2, 0) is 21.3 Å². The van der Waals surface area contributed by atoms with Crippen molar-refractivity contribution in [2.24, 2.45) is 5.92 Å². The van der Waals surface area contributed by atoms with Crippen molar-refractivity contribution < 1.29 is 13.7 Å². The molecule has 0 bridgehead atoms. The highest BCUT2D eigenvalue weighted by molar-refractivity contribution is 7.84. The molecule has 1 aromatic heterocycles. The maximum atomic E-state index is 12.2. The highest BCUT2D eigenvalue weighted by Gasteiger charge is 2.30. The van der Waals surface area contributed by atoms with Gasteiger partial charge in [-0.25, -0.2) is 4.79 Å². The van der Waals surface area contributed by atoms with Crippen molar-refractivity contribution in [2.45, 2.75) is 38.5 Å². The number of carbonyl (C=O) groups excluding carboxylic acids is 1. The normalized spacial score (nSPS) is 20.0. The molecular formula is C16H24N2O3S.